The largest absolute Gasteiger partial charge is 0.384 e. The molecule has 1 aromatic rings. The van der Waals surface area contributed by atoms with Crippen molar-refractivity contribution >= 4 is 11.6 Å². The quantitative estimate of drug-likeness (QED) is 0.811. The molecule has 0 radical (unpaired) electrons. The van der Waals surface area contributed by atoms with Gasteiger partial charge in [0, 0.05) is 23.8 Å². The topological polar surface area (TPSA) is 41.1 Å². The van der Waals surface area contributed by atoms with Gasteiger partial charge in [-0.1, -0.05) is 32.3 Å². The van der Waals surface area contributed by atoms with Gasteiger partial charge in [0.05, 0.1) is 0 Å². The lowest BCUT2D eigenvalue weighted by molar-refractivity contribution is 0.0921. The van der Waals surface area contributed by atoms with E-state index in [4.69, 9.17) is 0 Å². The second-order valence-corrected chi connectivity index (χ2v) is 6.24. The third kappa shape index (κ3) is 2.82. The number of carbonyl (C=O) groups excluding carboxylic acids is 1. The molecule has 0 saturated heterocycles. The first kappa shape index (κ1) is 13.5. The molecule has 2 atom stereocenters. The van der Waals surface area contributed by atoms with Crippen LogP contribution in [0.3, 0.4) is 0 Å². The predicted octanol–water partition coefficient (Wildman–Crippen LogP) is 3.35. The first-order chi connectivity index (χ1) is 9.74. The van der Waals surface area contributed by atoms with Gasteiger partial charge in [0.25, 0.3) is 5.91 Å². The van der Waals surface area contributed by atoms with E-state index in [1.165, 1.54) is 31.2 Å². The normalized spacial score (nSPS) is 25.4. The van der Waals surface area contributed by atoms with Crippen LogP contribution in [-0.2, 0) is 6.42 Å². The van der Waals surface area contributed by atoms with Crippen LogP contribution in [0.5, 0.6) is 0 Å². The number of amides is 1. The number of fused-ring (bicyclic) bond motifs is 1. The molecule has 3 nitrogen and oxygen atoms in total. The molecule has 1 saturated carbocycles. The van der Waals surface area contributed by atoms with Crippen molar-refractivity contribution in [2.45, 2.75) is 51.5 Å². The fraction of sp³-hybridized carbons (Fsp3) is 0.588. The Labute approximate surface area is 121 Å². The van der Waals surface area contributed by atoms with Crippen molar-refractivity contribution < 1.29 is 4.79 Å². The number of rotatable bonds is 2. The van der Waals surface area contributed by atoms with E-state index in [0.717, 1.165) is 30.6 Å². The van der Waals surface area contributed by atoms with Crippen LogP contribution in [0.25, 0.3) is 0 Å². The fourth-order valence-electron chi connectivity index (χ4n) is 3.39. The van der Waals surface area contributed by atoms with Crippen molar-refractivity contribution in [3.8, 4) is 0 Å². The van der Waals surface area contributed by atoms with Gasteiger partial charge in [0.15, 0.2) is 0 Å². The van der Waals surface area contributed by atoms with Gasteiger partial charge < -0.3 is 10.6 Å². The monoisotopic (exact) mass is 272 g/mol. The van der Waals surface area contributed by atoms with Gasteiger partial charge in [0.2, 0.25) is 0 Å². The Morgan fingerprint density at radius 2 is 2.10 bits per heavy atom. The maximum atomic E-state index is 12.4. The summed E-state index contributed by atoms with van der Waals surface area (Å²) in [6.45, 7) is 3.25. The molecule has 3 rings (SSSR count). The maximum Gasteiger partial charge on any atom is 0.251 e. The van der Waals surface area contributed by atoms with E-state index in [1.807, 2.05) is 12.1 Å². The van der Waals surface area contributed by atoms with Crippen molar-refractivity contribution in [1.82, 2.24) is 5.32 Å². The average Bonchev–Trinajstić information content (AvgIpc) is 2.83. The van der Waals surface area contributed by atoms with Crippen molar-refractivity contribution in [2.24, 2.45) is 5.92 Å². The van der Waals surface area contributed by atoms with Gasteiger partial charge >= 0.3 is 0 Å². The lowest BCUT2D eigenvalue weighted by Crippen LogP contribution is -2.38. The molecule has 1 fully saturated rings. The molecule has 1 amide bonds. The summed E-state index contributed by atoms with van der Waals surface area (Å²) in [4.78, 5) is 12.4. The SMILES string of the molecule is CC1CCCCCC1NC(=O)c1ccc2c(c1)NCC2. The van der Waals surface area contributed by atoms with Gasteiger partial charge in [-0.2, -0.15) is 0 Å². The minimum Gasteiger partial charge on any atom is -0.384 e. The van der Waals surface area contributed by atoms with Gasteiger partial charge in [0.1, 0.15) is 0 Å². The van der Waals surface area contributed by atoms with Crippen LogP contribution in [0.2, 0.25) is 0 Å². The zero-order valence-corrected chi connectivity index (χ0v) is 12.2. The number of benzene rings is 1. The van der Waals surface area contributed by atoms with E-state index in [-0.39, 0.29) is 5.91 Å². The summed E-state index contributed by atoms with van der Waals surface area (Å²) < 4.78 is 0. The molecule has 2 aliphatic rings. The van der Waals surface area contributed by atoms with Crippen LogP contribution in [0.4, 0.5) is 5.69 Å². The zero-order chi connectivity index (χ0) is 13.9. The number of hydrogen-bond acceptors (Lipinski definition) is 2. The molecule has 3 heteroatoms. The van der Waals surface area contributed by atoms with Gasteiger partial charge in [-0.15, -0.1) is 0 Å². The minimum atomic E-state index is 0.0836. The van der Waals surface area contributed by atoms with Crippen molar-refractivity contribution in [3.63, 3.8) is 0 Å². The highest BCUT2D eigenvalue weighted by Gasteiger charge is 2.22. The smallest absolute Gasteiger partial charge is 0.251 e. The molecule has 0 spiro atoms. The van der Waals surface area contributed by atoms with E-state index in [1.54, 1.807) is 0 Å². The second kappa shape index (κ2) is 5.86. The molecule has 0 bridgehead atoms. The average molecular weight is 272 g/mol. The molecular formula is C17H24N2O. The van der Waals surface area contributed by atoms with Crippen molar-refractivity contribution in [2.75, 3.05) is 11.9 Å². The summed E-state index contributed by atoms with van der Waals surface area (Å²) in [7, 11) is 0. The molecule has 1 aliphatic heterocycles. The Balaban J connectivity index is 1.69. The Hall–Kier alpha value is -1.51. The lowest BCUT2D eigenvalue weighted by atomic mass is 9.96. The summed E-state index contributed by atoms with van der Waals surface area (Å²) in [6, 6.07) is 6.38. The summed E-state index contributed by atoms with van der Waals surface area (Å²) >= 11 is 0. The summed E-state index contributed by atoms with van der Waals surface area (Å²) in [6.07, 6.45) is 7.26. The molecular weight excluding hydrogens is 248 g/mol. The molecule has 20 heavy (non-hydrogen) atoms. The number of carbonyl (C=O) groups is 1. The number of hydrogen-bond donors (Lipinski definition) is 2. The molecule has 2 unspecified atom stereocenters. The third-order valence-corrected chi connectivity index (χ3v) is 4.76. The minimum absolute atomic E-state index is 0.0836. The van der Waals surface area contributed by atoms with Crippen LogP contribution in [0, 0.1) is 5.92 Å². The predicted molar refractivity (Wildman–Crippen MR) is 82.1 cm³/mol. The van der Waals surface area contributed by atoms with Crippen molar-refractivity contribution in [3.05, 3.63) is 29.3 Å². The van der Waals surface area contributed by atoms with Crippen LogP contribution in [0.1, 0.15) is 54.9 Å². The van der Waals surface area contributed by atoms with Gasteiger partial charge in [-0.05, 0) is 42.9 Å². The molecule has 1 heterocycles. The number of anilines is 1. The third-order valence-electron chi connectivity index (χ3n) is 4.76. The molecule has 2 N–H and O–H groups in total. The summed E-state index contributed by atoms with van der Waals surface area (Å²) in [5.74, 6) is 0.675. The Morgan fingerprint density at radius 1 is 1.25 bits per heavy atom. The highest BCUT2D eigenvalue weighted by molar-refractivity contribution is 5.95. The first-order valence-electron chi connectivity index (χ1n) is 7.92. The van der Waals surface area contributed by atoms with Crippen LogP contribution < -0.4 is 10.6 Å². The summed E-state index contributed by atoms with van der Waals surface area (Å²) in [5.41, 5.74) is 3.24. The van der Waals surface area contributed by atoms with Gasteiger partial charge in [-0.25, -0.2) is 0 Å². The number of nitrogens with one attached hydrogen (secondary N) is 2. The Bertz CT molecular complexity index is 498. The second-order valence-electron chi connectivity index (χ2n) is 6.24. The Morgan fingerprint density at radius 3 is 3.00 bits per heavy atom. The van der Waals surface area contributed by atoms with E-state index in [2.05, 4.69) is 23.6 Å². The van der Waals surface area contributed by atoms with Crippen LogP contribution in [-0.4, -0.2) is 18.5 Å². The van der Waals surface area contributed by atoms with Crippen LogP contribution >= 0.6 is 0 Å². The molecule has 0 aromatic heterocycles. The van der Waals surface area contributed by atoms with Crippen LogP contribution in [0.15, 0.2) is 18.2 Å². The van der Waals surface area contributed by atoms with E-state index in [9.17, 15) is 4.79 Å². The van der Waals surface area contributed by atoms with E-state index in [0.29, 0.717) is 12.0 Å². The van der Waals surface area contributed by atoms with Crippen molar-refractivity contribution in [1.29, 1.82) is 0 Å². The Kier molecular flexibility index (Phi) is 3.95. The molecule has 1 aliphatic carbocycles. The highest BCUT2D eigenvalue weighted by atomic mass is 16.1. The fourth-order valence-corrected chi connectivity index (χ4v) is 3.39. The maximum absolute atomic E-state index is 12.4. The highest BCUT2D eigenvalue weighted by Crippen LogP contribution is 2.25. The lowest BCUT2D eigenvalue weighted by Gasteiger charge is -2.23. The summed E-state index contributed by atoms with van der Waals surface area (Å²) in [5, 5.41) is 6.59. The standard InChI is InChI=1S/C17H24N2O/c1-12-5-3-2-4-6-15(12)19-17(20)14-8-7-13-9-10-18-16(13)11-14/h7-8,11-12,15,18H,2-6,9-10H2,1H3,(H,19,20). The van der Waals surface area contributed by atoms with Gasteiger partial charge in [-0.3, -0.25) is 4.79 Å². The molecule has 108 valence electrons. The molecule has 1 aromatic carbocycles. The first-order valence-corrected chi connectivity index (χ1v) is 7.92. The van der Waals surface area contributed by atoms with E-state index < -0.39 is 0 Å². The van der Waals surface area contributed by atoms with E-state index >= 15 is 0 Å². The zero-order valence-electron chi connectivity index (χ0n) is 12.2.